The van der Waals surface area contributed by atoms with E-state index in [-0.39, 0.29) is 0 Å². The van der Waals surface area contributed by atoms with Gasteiger partial charge < -0.3 is 16.8 Å². The van der Waals surface area contributed by atoms with Crippen LogP contribution < -0.4 is 16.8 Å². The monoisotopic (exact) mass is 233 g/mol. The van der Waals surface area contributed by atoms with E-state index in [0.29, 0.717) is 11.3 Å². The highest BCUT2D eigenvalue weighted by Crippen LogP contribution is 2.29. The molecule has 0 heterocycles. The molecule has 1 aliphatic carbocycles. The molecule has 4 heteroatoms. The number of nitrogen functional groups attached to an aromatic ring is 1. The number of primary amides is 1. The molecule has 1 aliphatic rings. The van der Waals surface area contributed by atoms with Gasteiger partial charge in [0.25, 0.3) is 5.91 Å². The number of nitrogens with two attached hydrogens (primary N) is 2. The minimum Gasteiger partial charge on any atom is -0.396 e. The highest BCUT2D eigenvalue weighted by Gasteiger charge is 2.16. The van der Waals surface area contributed by atoms with Gasteiger partial charge in [-0.3, -0.25) is 4.79 Å². The molecular formula is C13H19N3O. The Morgan fingerprint density at radius 3 is 2.76 bits per heavy atom. The summed E-state index contributed by atoms with van der Waals surface area (Å²) in [6.45, 7) is 0.900. The van der Waals surface area contributed by atoms with Crippen molar-refractivity contribution in [2.24, 2.45) is 11.7 Å². The molecule has 1 aromatic rings. The Morgan fingerprint density at radius 2 is 2.18 bits per heavy atom. The topological polar surface area (TPSA) is 81.1 Å². The van der Waals surface area contributed by atoms with Crippen LogP contribution in [-0.2, 0) is 0 Å². The van der Waals surface area contributed by atoms with Gasteiger partial charge in [0.15, 0.2) is 0 Å². The fraction of sp³-hybridized carbons (Fsp3) is 0.462. The number of benzene rings is 1. The highest BCUT2D eigenvalue weighted by atomic mass is 16.1. The first-order valence-corrected chi connectivity index (χ1v) is 6.10. The number of hydrogen-bond donors (Lipinski definition) is 3. The van der Waals surface area contributed by atoms with E-state index in [2.05, 4.69) is 5.32 Å². The number of carbonyl (C=O) groups is 1. The average Bonchev–Trinajstić information content (AvgIpc) is 2.23. The Hall–Kier alpha value is -1.71. The number of hydrogen-bond acceptors (Lipinski definition) is 3. The third-order valence-electron chi connectivity index (χ3n) is 3.46. The lowest BCUT2D eigenvalue weighted by Crippen LogP contribution is -2.17. The fourth-order valence-electron chi connectivity index (χ4n) is 2.13. The van der Waals surface area contributed by atoms with E-state index < -0.39 is 5.91 Å². The van der Waals surface area contributed by atoms with Crippen LogP contribution in [-0.4, -0.2) is 12.5 Å². The molecule has 1 aromatic carbocycles. The molecule has 1 amide bonds. The van der Waals surface area contributed by atoms with Gasteiger partial charge in [0.05, 0.1) is 16.9 Å². The second-order valence-corrected chi connectivity index (χ2v) is 4.64. The molecule has 2 rings (SSSR count). The number of nitrogens with one attached hydrogen (secondary N) is 1. The predicted molar refractivity (Wildman–Crippen MR) is 69.8 cm³/mol. The Morgan fingerprint density at radius 1 is 1.41 bits per heavy atom. The molecule has 0 radical (unpaired) electrons. The van der Waals surface area contributed by atoms with Crippen molar-refractivity contribution < 1.29 is 4.79 Å². The number of anilines is 2. The van der Waals surface area contributed by atoms with Gasteiger partial charge in [-0.25, -0.2) is 0 Å². The van der Waals surface area contributed by atoms with E-state index in [4.69, 9.17) is 11.5 Å². The summed E-state index contributed by atoms with van der Waals surface area (Å²) in [5.74, 6) is 0.383. The van der Waals surface area contributed by atoms with E-state index in [9.17, 15) is 4.79 Å². The van der Waals surface area contributed by atoms with Crippen molar-refractivity contribution >= 4 is 17.3 Å². The van der Waals surface area contributed by atoms with Crippen LogP contribution in [0.3, 0.4) is 0 Å². The van der Waals surface area contributed by atoms with Crippen LogP contribution in [0, 0.1) is 5.92 Å². The fourth-order valence-corrected chi connectivity index (χ4v) is 2.13. The lowest BCUT2D eigenvalue weighted by atomic mass is 9.83. The third kappa shape index (κ3) is 2.70. The Bertz CT molecular complexity index is 413. The third-order valence-corrected chi connectivity index (χ3v) is 3.46. The maximum absolute atomic E-state index is 11.1. The summed E-state index contributed by atoms with van der Waals surface area (Å²) in [7, 11) is 0. The van der Waals surface area contributed by atoms with Gasteiger partial charge in [-0.2, -0.15) is 0 Å². The van der Waals surface area contributed by atoms with Crippen molar-refractivity contribution in [1.82, 2.24) is 0 Å². The molecule has 17 heavy (non-hydrogen) atoms. The van der Waals surface area contributed by atoms with E-state index in [1.165, 1.54) is 25.7 Å². The molecule has 92 valence electrons. The summed E-state index contributed by atoms with van der Waals surface area (Å²) in [5, 5.41) is 3.27. The number of amides is 1. The van der Waals surface area contributed by atoms with Gasteiger partial charge in [-0.15, -0.1) is 0 Å². The molecule has 1 fully saturated rings. The standard InChI is InChI=1S/C13H19N3O/c14-12-10(13(15)17)5-2-6-11(12)16-8-7-9-3-1-4-9/h2,5-6,9,16H,1,3-4,7-8,14H2,(H2,15,17). The molecule has 0 saturated heterocycles. The van der Waals surface area contributed by atoms with Crippen molar-refractivity contribution in [2.45, 2.75) is 25.7 Å². The van der Waals surface area contributed by atoms with Crippen LogP contribution in [0.1, 0.15) is 36.0 Å². The molecule has 4 nitrogen and oxygen atoms in total. The first-order chi connectivity index (χ1) is 8.18. The molecule has 0 spiro atoms. The summed E-state index contributed by atoms with van der Waals surface area (Å²) in [5.41, 5.74) is 12.8. The summed E-state index contributed by atoms with van der Waals surface area (Å²) < 4.78 is 0. The molecule has 0 atom stereocenters. The van der Waals surface area contributed by atoms with Crippen molar-refractivity contribution in [2.75, 3.05) is 17.6 Å². The maximum Gasteiger partial charge on any atom is 0.250 e. The van der Waals surface area contributed by atoms with E-state index >= 15 is 0 Å². The van der Waals surface area contributed by atoms with Gasteiger partial charge in [0.2, 0.25) is 0 Å². The van der Waals surface area contributed by atoms with E-state index in [1.807, 2.05) is 6.07 Å². The van der Waals surface area contributed by atoms with Crippen LogP contribution in [0.25, 0.3) is 0 Å². The van der Waals surface area contributed by atoms with Crippen LogP contribution in [0.5, 0.6) is 0 Å². The minimum absolute atomic E-state index is 0.388. The molecule has 0 aromatic heterocycles. The van der Waals surface area contributed by atoms with Gasteiger partial charge >= 0.3 is 0 Å². The molecule has 0 aliphatic heterocycles. The normalized spacial score (nSPS) is 15.3. The predicted octanol–water partition coefficient (Wildman–Crippen LogP) is 1.97. The summed E-state index contributed by atoms with van der Waals surface area (Å²) in [4.78, 5) is 11.1. The Kier molecular flexibility index (Phi) is 3.52. The number of para-hydroxylation sites is 1. The van der Waals surface area contributed by atoms with E-state index in [0.717, 1.165) is 18.2 Å². The average molecular weight is 233 g/mol. The Labute approximate surface area is 101 Å². The smallest absolute Gasteiger partial charge is 0.250 e. The van der Waals surface area contributed by atoms with E-state index in [1.54, 1.807) is 12.1 Å². The lowest BCUT2D eigenvalue weighted by Gasteiger charge is -2.25. The second-order valence-electron chi connectivity index (χ2n) is 4.64. The number of rotatable bonds is 5. The van der Waals surface area contributed by atoms with Crippen LogP contribution in [0.4, 0.5) is 11.4 Å². The van der Waals surface area contributed by atoms with Gasteiger partial charge in [-0.05, 0) is 24.5 Å². The van der Waals surface area contributed by atoms with Gasteiger partial charge in [-0.1, -0.05) is 25.3 Å². The van der Waals surface area contributed by atoms with Crippen LogP contribution in [0.2, 0.25) is 0 Å². The van der Waals surface area contributed by atoms with Crippen molar-refractivity contribution in [1.29, 1.82) is 0 Å². The second kappa shape index (κ2) is 5.08. The molecular weight excluding hydrogens is 214 g/mol. The first kappa shape index (κ1) is 11.8. The molecule has 0 unspecified atom stereocenters. The van der Waals surface area contributed by atoms with Crippen molar-refractivity contribution in [3.8, 4) is 0 Å². The summed E-state index contributed by atoms with van der Waals surface area (Å²) >= 11 is 0. The minimum atomic E-state index is -0.481. The highest BCUT2D eigenvalue weighted by molar-refractivity contribution is 6.00. The number of carbonyl (C=O) groups excluding carboxylic acids is 1. The zero-order chi connectivity index (χ0) is 12.3. The van der Waals surface area contributed by atoms with Crippen molar-refractivity contribution in [3.05, 3.63) is 23.8 Å². The molecule has 1 saturated carbocycles. The summed E-state index contributed by atoms with van der Waals surface area (Å²) in [6, 6.07) is 5.32. The van der Waals surface area contributed by atoms with Gasteiger partial charge in [0.1, 0.15) is 0 Å². The largest absolute Gasteiger partial charge is 0.396 e. The van der Waals surface area contributed by atoms with Gasteiger partial charge in [0, 0.05) is 6.54 Å². The molecule has 5 N–H and O–H groups in total. The zero-order valence-corrected chi connectivity index (χ0v) is 9.91. The quantitative estimate of drug-likeness (QED) is 0.680. The van der Waals surface area contributed by atoms with Crippen LogP contribution >= 0.6 is 0 Å². The lowest BCUT2D eigenvalue weighted by molar-refractivity contribution is 0.100. The SMILES string of the molecule is NC(=O)c1cccc(NCCC2CCC2)c1N. The zero-order valence-electron chi connectivity index (χ0n) is 9.91. The Balaban J connectivity index is 1.95. The summed E-state index contributed by atoms with van der Waals surface area (Å²) in [6.07, 6.45) is 5.22. The first-order valence-electron chi connectivity index (χ1n) is 6.10. The maximum atomic E-state index is 11.1. The van der Waals surface area contributed by atoms with Crippen molar-refractivity contribution in [3.63, 3.8) is 0 Å². The van der Waals surface area contributed by atoms with Crippen LogP contribution in [0.15, 0.2) is 18.2 Å². The molecule has 0 bridgehead atoms.